The number of sulfonamides is 1. The van der Waals surface area contributed by atoms with Gasteiger partial charge in [-0.1, -0.05) is 0 Å². The molecule has 0 unspecified atom stereocenters. The smallest absolute Gasteiger partial charge is 0.279 e. The molecule has 0 radical (unpaired) electrons. The second-order valence-corrected chi connectivity index (χ2v) is 7.44. The first kappa shape index (κ1) is 16.4. The quantitative estimate of drug-likeness (QED) is 0.804. The van der Waals surface area contributed by atoms with Gasteiger partial charge in [-0.15, -0.1) is 11.3 Å². The predicted molar refractivity (Wildman–Crippen MR) is 77.3 cm³/mol. The Labute approximate surface area is 127 Å². The van der Waals surface area contributed by atoms with Gasteiger partial charge in [0.25, 0.3) is 5.91 Å². The van der Waals surface area contributed by atoms with Crippen LogP contribution in [0.25, 0.3) is 0 Å². The third-order valence-electron chi connectivity index (χ3n) is 3.33. The van der Waals surface area contributed by atoms with Gasteiger partial charge in [-0.3, -0.25) is 9.63 Å². The van der Waals surface area contributed by atoms with Crippen LogP contribution in [-0.2, 0) is 19.6 Å². The minimum atomic E-state index is -3.91. The van der Waals surface area contributed by atoms with Crippen LogP contribution in [0.2, 0.25) is 0 Å². The number of hydroxylamine groups is 2. The van der Waals surface area contributed by atoms with E-state index in [1.54, 1.807) is 0 Å². The average Bonchev–Trinajstić information content (AvgIpc) is 2.94. The van der Waals surface area contributed by atoms with E-state index in [0.717, 1.165) is 24.2 Å². The molecule has 0 saturated carbocycles. The molecule has 0 aromatic carbocycles. The first-order valence-corrected chi connectivity index (χ1v) is 8.90. The first-order valence-electron chi connectivity index (χ1n) is 6.47. The summed E-state index contributed by atoms with van der Waals surface area (Å²) in [4.78, 5) is 17.6. The molecule has 0 aliphatic carbocycles. The first-order chi connectivity index (χ1) is 9.93. The van der Waals surface area contributed by atoms with E-state index in [-0.39, 0.29) is 15.7 Å². The Bertz CT molecular complexity index is 593. The van der Waals surface area contributed by atoms with Crippen molar-refractivity contribution >= 4 is 27.3 Å². The number of amides is 1. The second-order valence-electron chi connectivity index (χ2n) is 4.77. The summed E-state index contributed by atoms with van der Waals surface area (Å²) in [7, 11) is -2.53. The lowest BCUT2D eigenvalue weighted by atomic mass is 10.0. The molecule has 7 nitrogen and oxygen atoms in total. The summed E-state index contributed by atoms with van der Waals surface area (Å²) in [5.41, 5.74) is 0.0522. The summed E-state index contributed by atoms with van der Waals surface area (Å²) >= 11 is 0.923. The molecule has 1 amide bonds. The third-order valence-corrected chi connectivity index (χ3v) is 5.76. The topological polar surface area (TPSA) is 98.9 Å². The molecule has 2 N–H and O–H groups in total. The monoisotopic (exact) mass is 334 g/mol. The van der Waals surface area contributed by atoms with Crippen molar-refractivity contribution in [3.8, 4) is 0 Å². The van der Waals surface area contributed by atoms with Gasteiger partial charge in [0, 0.05) is 13.2 Å². The lowest BCUT2D eigenvalue weighted by molar-refractivity contribution is -0.110. The average molecular weight is 334 g/mol. The van der Waals surface area contributed by atoms with Crippen LogP contribution in [0.1, 0.15) is 23.2 Å². The predicted octanol–water partition coefficient (Wildman–Crippen LogP) is 0.826. The van der Waals surface area contributed by atoms with E-state index < -0.39 is 15.9 Å². The molecule has 1 aromatic rings. The van der Waals surface area contributed by atoms with Gasteiger partial charge < -0.3 is 4.74 Å². The Morgan fingerprint density at radius 1 is 1.52 bits per heavy atom. The van der Waals surface area contributed by atoms with Crippen molar-refractivity contribution in [3.05, 3.63) is 17.0 Å². The molecule has 0 bridgehead atoms. The number of carbonyl (C=O) groups excluding carboxylic acids is 1. The standard InChI is InChI=1S/C12H18N2O5S2/c1-18-14(8-9-2-5-19-6-3-9)11(15)10-4-7-20-12(10)21(13,16)17/h4,7,9H,2-3,5-6,8H2,1H3,(H2,13,16,17). The molecule has 21 heavy (non-hydrogen) atoms. The second kappa shape index (κ2) is 6.84. The maximum Gasteiger partial charge on any atom is 0.279 e. The molecule has 1 aliphatic rings. The third kappa shape index (κ3) is 4.01. The van der Waals surface area contributed by atoms with Gasteiger partial charge in [0.2, 0.25) is 10.0 Å². The van der Waals surface area contributed by atoms with Crippen LogP contribution in [0.4, 0.5) is 0 Å². The zero-order valence-corrected chi connectivity index (χ0v) is 13.3. The number of nitrogens with two attached hydrogens (primary N) is 1. The van der Waals surface area contributed by atoms with Crippen LogP contribution in [0, 0.1) is 5.92 Å². The summed E-state index contributed by atoms with van der Waals surface area (Å²) in [6.45, 7) is 1.73. The summed E-state index contributed by atoms with van der Waals surface area (Å²) < 4.78 is 28.1. The van der Waals surface area contributed by atoms with Crippen molar-refractivity contribution in [2.75, 3.05) is 26.9 Å². The van der Waals surface area contributed by atoms with Crippen LogP contribution >= 0.6 is 11.3 Å². The van der Waals surface area contributed by atoms with E-state index >= 15 is 0 Å². The van der Waals surface area contributed by atoms with Gasteiger partial charge in [-0.25, -0.2) is 18.6 Å². The molecule has 2 heterocycles. The zero-order valence-electron chi connectivity index (χ0n) is 11.6. The largest absolute Gasteiger partial charge is 0.381 e. The maximum atomic E-state index is 12.4. The van der Waals surface area contributed by atoms with Gasteiger partial charge in [0.05, 0.1) is 19.2 Å². The fourth-order valence-corrected chi connectivity index (χ4v) is 3.99. The lowest BCUT2D eigenvalue weighted by Gasteiger charge is -2.28. The van der Waals surface area contributed by atoms with Gasteiger partial charge >= 0.3 is 0 Å². The van der Waals surface area contributed by atoms with Crippen molar-refractivity contribution in [2.45, 2.75) is 17.1 Å². The fraction of sp³-hybridized carbons (Fsp3) is 0.583. The Kier molecular flexibility index (Phi) is 5.33. The van der Waals surface area contributed by atoms with Crippen molar-refractivity contribution in [2.24, 2.45) is 11.1 Å². The number of nitrogens with zero attached hydrogens (tertiary/aromatic N) is 1. The summed E-state index contributed by atoms with van der Waals surface area (Å²) in [5, 5.41) is 7.83. The van der Waals surface area contributed by atoms with Crippen molar-refractivity contribution < 1.29 is 22.8 Å². The van der Waals surface area contributed by atoms with E-state index in [0.29, 0.717) is 19.8 Å². The molecular formula is C12H18N2O5S2. The van der Waals surface area contributed by atoms with E-state index in [2.05, 4.69) is 0 Å². The van der Waals surface area contributed by atoms with Crippen LogP contribution in [-0.4, -0.2) is 46.3 Å². The molecule has 1 aromatic heterocycles. The highest BCUT2D eigenvalue weighted by Crippen LogP contribution is 2.24. The Morgan fingerprint density at radius 2 is 2.19 bits per heavy atom. The highest BCUT2D eigenvalue weighted by molar-refractivity contribution is 7.91. The van der Waals surface area contributed by atoms with E-state index in [9.17, 15) is 13.2 Å². The zero-order chi connectivity index (χ0) is 15.5. The number of carbonyl (C=O) groups is 1. The van der Waals surface area contributed by atoms with E-state index in [1.807, 2.05) is 0 Å². The summed E-state index contributed by atoms with van der Waals surface area (Å²) in [6, 6.07) is 1.45. The van der Waals surface area contributed by atoms with Gasteiger partial charge in [0.15, 0.2) is 0 Å². The Morgan fingerprint density at radius 3 is 2.76 bits per heavy atom. The summed E-state index contributed by atoms with van der Waals surface area (Å²) in [5.74, 6) is -0.214. The normalized spacial score (nSPS) is 16.9. The van der Waals surface area contributed by atoms with Crippen molar-refractivity contribution in [1.82, 2.24) is 5.06 Å². The minimum absolute atomic E-state index is 0.0522. The number of primary sulfonamides is 1. The highest BCUT2D eigenvalue weighted by atomic mass is 32.2. The van der Waals surface area contributed by atoms with Crippen LogP contribution < -0.4 is 5.14 Å². The minimum Gasteiger partial charge on any atom is -0.381 e. The number of hydrogen-bond donors (Lipinski definition) is 1. The molecule has 1 saturated heterocycles. The maximum absolute atomic E-state index is 12.4. The summed E-state index contributed by atoms with van der Waals surface area (Å²) in [6.07, 6.45) is 1.69. The van der Waals surface area contributed by atoms with Gasteiger partial charge in [-0.2, -0.15) is 0 Å². The molecule has 0 spiro atoms. The van der Waals surface area contributed by atoms with Crippen molar-refractivity contribution in [1.29, 1.82) is 0 Å². The molecule has 1 aliphatic heterocycles. The van der Waals surface area contributed by atoms with Gasteiger partial charge in [-0.05, 0) is 30.2 Å². The van der Waals surface area contributed by atoms with Gasteiger partial charge in [0.1, 0.15) is 4.21 Å². The fourth-order valence-electron chi connectivity index (χ4n) is 2.21. The van der Waals surface area contributed by atoms with Crippen LogP contribution in [0.5, 0.6) is 0 Å². The van der Waals surface area contributed by atoms with E-state index in [4.69, 9.17) is 14.7 Å². The van der Waals surface area contributed by atoms with Crippen LogP contribution in [0.15, 0.2) is 15.7 Å². The SMILES string of the molecule is CON(CC1CCOCC1)C(=O)c1ccsc1S(N)(=O)=O. The number of rotatable bonds is 5. The Hall–Kier alpha value is -1.00. The Balaban J connectivity index is 2.15. The van der Waals surface area contributed by atoms with Crippen molar-refractivity contribution in [3.63, 3.8) is 0 Å². The molecule has 1 fully saturated rings. The molecule has 2 rings (SSSR count). The molecule has 9 heteroatoms. The molecule has 118 valence electrons. The molecular weight excluding hydrogens is 316 g/mol. The van der Waals surface area contributed by atoms with E-state index in [1.165, 1.54) is 23.6 Å². The highest BCUT2D eigenvalue weighted by Gasteiger charge is 2.27. The lowest BCUT2D eigenvalue weighted by Crippen LogP contribution is -2.37. The van der Waals surface area contributed by atoms with Crippen LogP contribution in [0.3, 0.4) is 0 Å². The molecule has 0 atom stereocenters. The number of thiophene rings is 1. The number of hydrogen-bond acceptors (Lipinski definition) is 6. The number of ether oxygens (including phenoxy) is 1.